The number of carbonyl (C=O) groups is 3. The van der Waals surface area contributed by atoms with Crippen LogP contribution in [0.15, 0.2) is 0 Å². The highest BCUT2D eigenvalue weighted by Crippen LogP contribution is 2.09. The van der Waals surface area contributed by atoms with Crippen LogP contribution in [0, 0.1) is 0 Å². The van der Waals surface area contributed by atoms with E-state index in [1.54, 1.807) is 0 Å². The molecular formula is C17H30O7. The van der Waals surface area contributed by atoms with Gasteiger partial charge in [0.05, 0.1) is 12.8 Å². The molecule has 7 heteroatoms. The molecule has 0 rings (SSSR count). The molecule has 140 valence electrons. The zero-order valence-electron chi connectivity index (χ0n) is 14.5. The van der Waals surface area contributed by atoms with Crippen molar-refractivity contribution in [2.24, 2.45) is 0 Å². The Bertz CT molecular complexity index is 368. The number of aliphatic hydroxyl groups is 1. The molecule has 0 aromatic carbocycles. The molecule has 0 aliphatic carbocycles. The largest absolute Gasteiger partial charge is 0.481 e. The fraction of sp³-hybridized carbons (Fsp3) is 0.824. The molecule has 2 N–H and O–H groups in total. The third kappa shape index (κ3) is 15.3. The molecule has 0 fully saturated rings. The summed E-state index contributed by atoms with van der Waals surface area (Å²) in [6, 6.07) is 0. The van der Waals surface area contributed by atoms with E-state index in [4.69, 9.17) is 9.84 Å². The van der Waals surface area contributed by atoms with Crippen LogP contribution in [-0.4, -0.2) is 47.4 Å². The van der Waals surface area contributed by atoms with Crippen LogP contribution in [0.4, 0.5) is 0 Å². The summed E-state index contributed by atoms with van der Waals surface area (Å²) >= 11 is 0. The van der Waals surface area contributed by atoms with Gasteiger partial charge in [-0.2, -0.15) is 0 Å². The molecule has 0 aromatic rings. The Balaban J connectivity index is 3.54. The van der Waals surface area contributed by atoms with Crippen LogP contribution in [0.25, 0.3) is 0 Å². The normalized spacial score (nSPS) is 11.8. The number of aliphatic hydroxyl groups excluding tert-OH is 1. The van der Waals surface area contributed by atoms with E-state index in [2.05, 4.69) is 11.7 Å². The Kier molecular flexibility index (Phi) is 13.9. The molecule has 0 aromatic heterocycles. The molecule has 0 saturated heterocycles. The number of carboxylic acids is 1. The predicted octanol–water partition coefficient (Wildman–Crippen LogP) is 2.44. The second kappa shape index (κ2) is 14.9. The van der Waals surface area contributed by atoms with Crippen LogP contribution in [-0.2, 0) is 23.9 Å². The van der Waals surface area contributed by atoms with Crippen LogP contribution in [0.3, 0.4) is 0 Å². The molecule has 0 bridgehead atoms. The van der Waals surface area contributed by atoms with Gasteiger partial charge in [0, 0.05) is 6.42 Å². The van der Waals surface area contributed by atoms with Gasteiger partial charge in [-0.3, -0.25) is 14.4 Å². The van der Waals surface area contributed by atoms with Crippen LogP contribution in [0.1, 0.15) is 71.1 Å². The Hall–Kier alpha value is -1.63. The number of carbonyl (C=O) groups excluding carboxylic acids is 2. The maximum absolute atomic E-state index is 11.5. The highest BCUT2D eigenvalue weighted by Gasteiger charge is 2.12. The SMILES string of the molecule is CCCCCCCCCC(=O)OCC(O)COC(=O)CCC(=O)O. The minimum absolute atomic E-state index is 0.235. The van der Waals surface area contributed by atoms with Crippen molar-refractivity contribution in [1.82, 2.24) is 0 Å². The fourth-order valence-corrected chi connectivity index (χ4v) is 2.01. The first-order valence-corrected chi connectivity index (χ1v) is 8.66. The average molecular weight is 346 g/mol. The van der Waals surface area contributed by atoms with Crippen molar-refractivity contribution in [1.29, 1.82) is 0 Å². The summed E-state index contributed by atoms with van der Waals surface area (Å²) in [4.78, 5) is 32.9. The molecule has 0 saturated carbocycles. The zero-order valence-corrected chi connectivity index (χ0v) is 14.5. The smallest absolute Gasteiger partial charge is 0.306 e. The molecular weight excluding hydrogens is 316 g/mol. The summed E-state index contributed by atoms with van der Waals surface area (Å²) in [6.45, 7) is 1.62. The highest BCUT2D eigenvalue weighted by molar-refractivity contribution is 5.76. The molecule has 0 amide bonds. The zero-order chi connectivity index (χ0) is 18.2. The van der Waals surface area contributed by atoms with E-state index in [-0.39, 0.29) is 32.0 Å². The summed E-state index contributed by atoms with van der Waals surface area (Å²) in [5.41, 5.74) is 0. The monoisotopic (exact) mass is 346 g/mol. The van der Waals surface area contributed by atoms with Crippen molar-refractivity contribution in [3.63, 3.8) is 0 Å². The number of hydrogen-bond donors (Lipinski definition) is 2. The van der Waals surface area contributed by atoms with Crippen LogP contribution in [0.2, 0.25) is 0 Å². The standard InChI is InChI=1S/C17H30O7/c1-2-3-4-5-6-7-8-9-16(21)23-12-14(18)13-24-17(22)11-10-15(19)20/h14,18H,2-13H2,1H3,(H,19,20). The Morgan fingerprint density at radius 1 is 0.792 bits per heavy atom. The van der Waals surface area contributed by atoms with Crippen molar-refractivity contribution in [3.8, 4) is 0 Å². The molecule has 24 heavy (non-hydrogen) atoms. The summed E-state index contributed by atoms with van der Waals surface area (Å²) in [5.74, 6) is -2.17. The summed E-state index contributed by atoms with van der Waals surface area (Å²) in [6.07, 6.45) is 6.41. The summed E-state index contributed by atoms with van der Waals surface area (Å²) in [7, 11) is 0. The number of rotatable bonds is 15. The van der Waals surface area contributed by atoms with Gasteiger partial charge in [0.15, 0.2) is 0 Å². The van der Waals surface area contributed by atoms with Crippen LogP contribution >= 0.6 is 0 Å². The van der Waals surface area contributed by atoms with Crippen LogP contribution in [0.5, 0.6) is 0 Å². The second-order valence-corrected chi connectivity index (χ2v) is 5.78. The molecule has 7 nitrogen and oxygen atoms in total. The average Bonchev–Trinajstić information content (AvgIpc) is 2.55. The maximum atomic E-state index is 11.5. The number of unbranched alkanes of at least 4 members (excludes halogenated alkanes) is 6. The van der Waals surface area contributed by atoms with Gasteiger partial charge in [-0.15, -0.1) is 0 Å². The lowest BCUT2D eigenvalue weighted by Gasteiger charge is -2.11. The van der Waals surface area contributed by atoms with Crippen molar-refractivity contribution in [2.45, 2.75) is 77.2 Å². The van der Waals surface area contributed by atoms with Gasteiger partial charge in [0.25, 0.3) is 0 Å². The fourth-order valence-electron chi connectivity index (χ4n) is 2.01. The van der Waals surface area contributed by atoms with Gasteiger partial charge in [-0.1, -0.05) is 45.4 Å². The van der Waals surface area contributed by atoms with Gasteiger partial charge in [0.2, 0.25) is 0 Å². The van der Waals surface area contributed by atoms with Gasteiger partial charge in [-0.25, -0.2) is 0 Å². The number of aliphatic carboxylic acids is 1. The molecule has 0 spiro atoms. The number of esters is 2. The third-order valence-electron chi connectivity index (χ3n) is 3.40. The second-order valence-electron chi connectivity index (χ2n) is 5.78. The van der Waals surface area contributed by atoms with Gasteiger partial charge >= 0.3 is 17.9 Å². The Labute approximate surface area is 143 Å². The Morgan fingerprint density at radius 3 is 1.83 bits per heavy atom. The maximum Gasteiger partial charge on any atom is 0.306 e. The van der Waals surface area contributed by atoms with Gasteiger partial charge in [0.1, 0.15) is 19.3 Å². The quantitative estimate of drug-likeness (QED) is 0.346. The molecule has 1 unspecified atom stereocenters. The highest BCUT2D eigenvalue weighted by atomic mass is 16.6. The van der Waals surface area contributed by atoms with Crippen molar-refractivity contribution in [3.05, 3.63) is 0 Å². The van der Waals surface area contributed by atoms with E-state index in [9.17, 15) is 19.5 Å². The van der Waals surface area contributed by atoms with E-state index < -0.39 is 18.0 Å². The first kappa shape index (κ1) is 22.4. The summed E-state index contributed by atoms with van der Waals surface area (Å²) < 4.78 is 9.59. The number of carboxylic acid groups (broad SMARTS) is 1. The lowest BCUT2D eigenvalue weighted by molar-refractivity contribution is -0.154. The first-order chi connectivity index (χ1) is 11.5. The lowest BCUT2D eigenvalue weighted by atomic mass is 10.1. The minimum atomic E-state index is -1.10. The van der Waals surface area contributed by atoms with Crippen molar-refractivity contribution >= 4 is 17.9 Å². The predicted molar refractivity (Wildman–Crippen MR) is 87.4 cm³/mol. The van der Waals surface area contributed by atoms with Crippen molar-refractivity contribution < 1.29 is 34.1 Å². The molecule has 1 atom stereocenters. The number of hydrogen-bond acceptors (Lipinski definition) is 6. The third-order valence-corrected chi connectivity index (χ3v) is 3.40. The van der Waals surface area contributed by atoms with Crippen molar-refractivity contribution in [2.75, 3.05) is 13.2 Å². The van der Waals surface area contributed by atoms with E-state index in [1.165, 1.54) is 25.7 Å². The number of ether oxygens (including phenoxy) is 2. The molecule has 0 heterocycles. The van der Waals surface area contributed by atoms with Gasteiger partial charge in [-0.05, 0) is 6.42 Å². The lowest BCUT2D eigenvalue weighted by Crippen LogP contribution is -2.25. The molecule has 0 aliphatic rings. The van der Waals surface area contributed by atoms with E-state index >= 15 is 0 Å². The topological polar surface area (TPSA) is 110 Å². The summed E-state index contributed by atoms with van der Waals surface area (Å²) in [5, 5.41) is 18.0. The molecule has 0 radical (unpaired) electrons. The van der Waals surface area contributed by atoms with E-state index in [1.807, 2.05) is 0 Å². The van der Waals surface area contributed by atoms with Crippen LogP contribution < -0.4 is 0 Å². The Morgan fingerprint density at radius 2 is 1.29 bits per heavy atom. The first-order valence-electron chi connectivity index (χ1n) is 8.66. The van der Waals surface area contributed by atoms with E-state index in [0.717, 1.165) is 19.3 Å². The minimum Gasteiger partial charge on any atom is -0.481 e. The van der Waals surface area contributed by atoms with Gasteiger partial charge < -0.3 is 19.7 Å². The molecule has 0 aliphatic heterocycles. The van der Waals surface area contributed by atoms with E-state index in [0.29, 0.717) is 6.42 Å².